The molecular weight excluding hydrogens is 238 g/mol. The zero-order valence-electron chi connectivity index (χ0n) is 11.3. The highest BCUT2D eigenvalue weighted by atomic mass is 16.6. The van der Waals surface area contributed by atoms with Crippen LogP contribution in [0.2, 0.25) is 0 Å². The van der Waals surface area contributed by atoms with E-state index in [9.17, 15) is 9.59 Å². The van der Waals surface area contributed by atoms with E-state index in [1.165, 1.54) is 7.11 Å². The van der Waals surface area contributed by atoms with Crippen molar-refractivity contribution in [2.75, 3.05) is 13.7 Å². The Morgan fingerprint density at radius 2 is 2.06 bits per heavy atom. The Balaban J connectivity index is 2.43. The number of carbonyl (C=O) groups is 2. The minimum absolute atomic E-state index is 0.206. The second-order valence-corrected chi connectivity index (χ2v) is 5.25. The largest absolute Gasteiger partial charge is 0.467 e. The minimum Gasteiger partial charge on any atom is -0.467 e. The van der Waals surface area contributed by atoms with Gasteiger partial charge in [0.2, 0.25) is 0 Å². The zero-order valence-corrected chi connectivity index (χ0v) is 11.3. The average molecular weight is 259 g/mol. The molecule has 1 aliphatic heterocycles. The molecule has 0 bridgehead atoms. The average Bonchev–Trinajstić information content (AvgIpc) is 3.04. The van der Waals surface area contributed by atoms with Gasteiger partial charge in [0.15, 0.2) is 0 Å². The molecule has 18 heavy (non-hydrogen) atoms. The summed E-state index contributed by atoms with van der Waals surface area (Å²) in [5.74, 6) is -0.471. The van der Waals surface area contributed by atoms with E-state index in [4.69, 9.17) is 9.47 Å². The Morgan fingerprint density at radius 3 is 2.50 bits per heavy atom. The van der Waals surface area contributed by atoms with Crippen LogP contribution in [0, 0.1) is 0 Å². The molecule has 1 aliphatic rings. The fourth-order valence-electron chi connectivity index (χ4n) is 1.43. The number of rotatable bonds is 5. The first kappa shape index (κ1) is 14.8. The van der Waals surface area contributed by atoms with Crippen LogP contribution in [0.4, 0.5) is 4.79 Å². The Morgan fingerprint density at radius 1 is 1.44 bits per heavy atom. The van der Waals surface area contributed by atoms with Gasteiger partial charge in [-0.3, -0.25) is 0 Å². The van der Waals surface area contributed by atoms with Gasteiger partial charge in [-0.25, -0.2) is 9.59 Å². The lowest BCUT2D eigenvalue weighted by molar-refractivity contribution is -0.143. The fraction of sp³-hybridized carbons (Fsp3) is 0.833. The maximum Gasteiger partial charge on any atom is 0.408 e. The molecule has 1 fully saturated rings. The molecule has 1 rings (SSSR count). The van der Waals surface area contributed by atoms with Crippen molar-refractivity contribution in [3.63, 3.8) is 0 Å². The lowest BCUT2D eigenvalue weighted by Crippen LogP contribution is -2.44. The van der Waals surface area contributed by atoms with Crippen molar-refractivity contribution in [1.29, 1.82) is 0 Å². The monoisotopic (exact) mass is 259 g/mol. The first-order valence-electron chi connectivity index (χ1n) is 6.01. The van der Waals surface area contributed by atoms with Crippen LogP contribution < -0.4 is 5.32 Å². The maximum absolute atomic E-state index is 11.6. The molecule has 6 nitrogen and oxygen atoms in total. The van der Waals surface area contributed by atoms with Crippen molar-refractivity contribution >= 4 is 12.1 Å². The quantitative estimate of drug-likeness (QED) is 0.593. The molecule has 1 N–H and O–H groups in total. The smallest absolute Gasteiger partial charge is 0.408 e. The molecule has 2 unspecified atom stereocenters. The molecule has 0 spiro atoms. The van der Waals surface area contributed by atoms with E-state index in [2.05, 4.69) is 10.1 Å². The van der Waals surface area contributed by atoms with Gasteiger partial charge in [-0.15, -0.1) is 0 Å². The first-order chi connectivity index (χ1) is 8.31. The maximum atomic E-state index is 11.6. The van der Waals surface area contributed by atoms with Gasteiger partial charge in [-0.05, 0) is 33.6 Å². The van der Waals surface area contributed by atoms with E-state index in [0.29, 0.717) is 6.42 Å². The summed E-state index contributed by atoms with van der Waals surface area (Å²) in [5, 5.41) is 2.52. The highest BCUT2D eigenvalue weighted by Crippen LogP contribution is 2.17. The summed E-state index contributed by atoms with van der Waals surface area (Å²) in [5.41, 5.74) is -0.593. The number of ether oxygens (including phenoxy) is 3. The summed E-state index contributed by atoms with van der Waals surface area (Å²) < 4.78 is 14.8. The molecule has 1 heterocycles. The van der Waals surface area contributed by atoms with Crippen LogP contribution >= 0.6 is 0 Å². The number of methoxy groups -OCH3 is 1. The van der Waals surface area contributed by atoms with Crippen molar-refractivity contribution in [2.24, 2.45) is 0 Å². The molecule has 0 aliphatic carbocycles. The number of epoxide rings is 1. The van der Waals surface area contributed by atoms with Crippen molar-refractivity contribution in [3.8, 4) is 0 Å². The number of alkyl carbamates (subject to hydrolysis) is 1. The second kappa shape index (κ2) is 6.04. The van der Waals surface area contributed by atoms with Crippen molar-refractivity contribution in [3.05, 3.63) is 0 Å². The van der Waals surface area contributed by atoms with Gasteiger partial charge in [-0.2, -0.15) is 0 Å². The molecule has 0 saturated carbocycles. The highest BCUT2D eigenvalue weighted by molar-refractivity contribution is 5.81. The van der Waals surface area contributed by atoms with Crippen LogP contribution in [0.15, 0.2) is 0 Å². The molecule has 1 amide bonds. The number of carbonyl (C=O) groups excluding carboxylic acids is 2. The van der Waals surface area contributed by atoms with Gasteiger partial charge >= 0.3 is 12.1 Å². The number of esters is 1. The second-order valence-electron chi connectivity index (χ2n) is 5.25. The minimum atomic E-state index is -0.686. The predicted octanol–water partition coefficient (Wildman–Crippen LogP) is 1.23. The third-order valence-electron chi connectivity index (χ3n) is 2.36. The SMILES string of the molecule is COC(=O)C(CCC1CO1)NC(=O)OC(C)(C)C. The number of hydrogen-bond acceptors (Lipinski definition) is 5. The summed E-state index contributed by atoms with van der Waals surface area (Å²) in [6.45, 7) is 6.01. The van der Waals surface area contributed by atoms with Gasteiger partial charge < -0.3 is 19.5 Å². The van der Waals surface area contributed by atoms with E-state index in [1.807, 2.05) is 0 Å². The van der Waals surface area contributed by atoms with Crippen LogP contribution in [0.3, 0.4) is 0 Å². The molecule has 6 heteroatoms. The van der Waals surface area contributed by atoms with E-state index >= 15 is 0 Å². The molecule has 104 valence electrons. The van der Waals surface area contributed by atoms with E-state index < -0.39 is 23.7 Å². The Kier molecular flexibility index (Phi) is 4.95. The molecule has 0 aromatic carbocycles. The number of amides is 1. The zero-order chi connectivity index (χ0) is 13.8. The van der Waals surface area contributed by atoms with Crippen molar-refractivity contribution < 1.29 is 23.8 Å². The van der Waals surface area contributed by atoms with Crippen molar-refractivity contribution in [2.45, 2.75) is 51.4 Å². The molecule has 0 aromatic heterocycles. The molecule has 0 aromatic rings. The van der Waals surface area contributed by atoms with Crippen LogP contribution in [0.5, 0.6) is 0 Å². The summed E-state index contributed by atoms with van der Waals surface area (Å²) in [4.78, 5) is 23.1. The third kappa shape index (κ3) is 5.86. The highest BCUT2D eigenvalue weighted by Gasteiger charge is 2.29. The number of nitrogens with one attached hydrogen (secondary N) is 1. The summed E-state index contributed by atoms with van der Waals surface area (Å²) in [7, 11) is 1.29. The molecule has 2 atom stereocenters. The topological polar surface area (TPSA) is 77.2 Å². The summed E-state index contributed by atoms with van der Waals surface area (Å²) >= 11 is 0. The molecule has 0 radical (unpaired) electrons. The lowest BCUT2D eigenvalue weighted by Gasteiger charge is -2.22. The van der Waals surface area contributed by atoms with Gasteiger partial charge in [-0.1, -0.05) is 0 Å². The van der Waals surface area contributed by atoms with E-state index in [-0.39, 0.29) is 6.10 Å². The Labute approximate surface area is 107 Å². The predicted molar refractivity (Wildman–Crippen MR) is 64.1 cm³/mol. The Bertz CT molecular complexity index is 306. The molecular formula is C12H21NO5. The van der Waals surface area contributed by atoms with Gasteiger partial charge in [0.25, 0.3) is 0 Å². The van der Waals surface area contributed by atoms with Gasteiger partial charge in [0, 0.05) is 0 Å². The van der Waals surface area contributed by atoms with Crippen LogP contribution in [0.25, 0.3) is 0 Å². The molecule has 1 saturated heterocycles. The van der Waals surface area contributed by atoms with Gasteiger partial charge in [0.05, 0.1) is 19.8 Å². The standard InChI is InChI=1S/C12H21NO5/c1-12(2,3)18-11(15)13-9(10(14)16-4)6-5-8-7-17-8/h8-9H,5-7H2,1-4H3,(H,13,15). The van der Waals surface area contributed by atoms with Crippen molar-refractivity contribution in [1.82, 2.24) is 5.32 Å². The van der Waals surface area contributed by atoms with Crippen LogP contribution in [-0.2, 0) is 19.0 Å². The summed E-state index contributed by atoms with van der Waals surface area (Å²) in [6, 6.07) is -0.686. The van der Waals surface area contributed by atoms with Crippen LogP contribution in [-0.4, -0.2) is 43.5 Å². The normalized spacial score (nSPS) is 19.9. The van der Waals surface area contributed by atoms with Gasteiger partial charge in [0.1, 0.15) is 11.6 Å². The first-order valence-corrected chi connectivity index (χ1v) is 6.01. The van der Waals surface area contributed by atoms with Crippen LogP contribution in [0.1, 0.15) is 33.6 Å². The van der Waals surface area contributed by atoms with E-state index in [1.54, 1.807) is 20.8 Å². The third-order valence-corrected chi connectivity index (χ3v) is 2.36. The fourth-order valence-corrected chi connectivity index (χ4v) is 1.43. The lowest BCUT2D eigenvalue weighted by atomic mass is 10.1. The summed E-state index contributed by atoms with van der Waals surface area (Å²) in [6.07, 6.45) is 0.791. The number of hydrogen-bond donors (Lipinski definition) is 1. The Hall–Kier alpha value is -1.30. The van der Waals surface area contributed by atoms with E-state index in [0.717, 1.165) is 13.0 Å².